The van der Waals surface area contributed by atoms with Crippen LogP contribution in [-0.2, 0) is 18.3 Å². The lowest BCUT2D eigenvalue weighted by atomic mass is 9.82. The van der Waals surface area contributed by atoms with Gasteiger partial charge < -0.3 is 0 Å². The molecule has 1 fully saturated rings. The number of hydrogen-bond acceptors (Lipinski definition) is 0. The Morgan fingerprint density at radius 3 is 1.18 bits per heavy atom. The minimum atomic E-state index is -0.0491. The first-order valence-electron chi connectivity index (χ1n) is 16.7. The van der Waals surface area contributed by atoms with Crippen molar-refractivity contribution in [1.82, 2.24) is 0 Å². The van der Waals surface area contributed by atoms with E-state index in [9.17, 15) is 0 Å². The first-order valence-corrected chi connectivity index (χ1v) is 16.7. The lowest BCUT2D eigenvalue weighted by Crippen LogP contribution is -2.13. The van der Waals surface area contributed by atoms with E-state index in [4.69, 9.17) is 0 Å². The lowest BCUT2D eigenvalue weighted by Gasteiger charge is -2.21. The Morgan fingerprint density at radius 1 is 0.356 bits per heavy atom. The Labute approximate surface area is 257 Å². The number of benzene rings is 9. The smallest absolute Gasteiger partial charge is 0.0352 e. The maximum absolute atomic E-state index is 2.70. The molecule has 0 N–H and O–H groups in total. The SMILES string of the molecule is c1ccc(C2(c3ccccc3)C3c4cc5c6c7c(cc8ccc9cc%10c%11c%12c(cc(c%13c4c6c(c%13%12)c4c7c8c9c%114)C32)C%10)C5)cc1. The van der Waals surface area contributed by atoms with Crippen molar-refractivity contribution < 1.29 is 0 Å². The van der Waals surface area contributed by atoms with Crippen LogP contribution in [-0.4, -0.2) is 0 Å². The third-order valence-corrected chi connectivity index (χ3v) is 13.6. The molecule has 202 valence electrons. The van der Waals surface area contributed by atoms with Crippen molar-refractivity contribution in [3.63, 3.8) is 0 Å². The summed E-state index contributed by atoms with van der Waals surface area (Å²) in [5.74, 6) is 0.893. The van der Waals surface area contributed by atoms with E-state index in [1.807, 2.05) is 0 Å². The highest BCUT2D eigenvalue weighted by Crippen LogP contribution is 2.79. The van der Waals surface area contributed by atoms with E-state index < -0.39 is 0 Å². The fourth-order valence-electron chi connectivity index (χ4n) is 12.5. The van der Waals surface area contributed by atoms with Gasteiger partial charge in [0.2, 0.25) is 0 Å². The van der Waals surface area contributed by atoms with Gasteiger partial charge in [0, 0.05) is 17.3 Å². The molecule has 0 amide bonds. The molecule has 45 heavy (non-hydrogen) atoms. The van der Waals surface area contributed by atoms with Gasteiger partial charge in [-0.2, -0.15) is 0 Å². The first-order chi connectivity index (χ1) is 22.3. The predicted octanol–water partition coefficient (Wildman–Crippen LogP) is 11.1. The van der Waals surface area contributed by atoms with Gasteiger partial charge >= 0.3 is 0 Å². The molecule has 4 aliphatic rings. The molecule has 0 bridgehead atoms. The average Bonchev–Trinajstić information content (AvgIpc) is 3.39. The second kappa shape index (κ2) is 5.92. The fraction of sp³-hybridized carbons (Fsp3) is 0.111. The topological polar surface area (TPSA) is 0 Å². The zero-order valence-electron chi connectivity index (χ0n) is 24.3. The van der Waals surface area contributed by atoms with Gasteiger partial charge in [0.1, 0.15) is 0 Å². The third kappa shape index (κ3) is 1.74. The molecule has 0 spiro atoms. The summed E-state index contributed by atoms with van der Waals surface area (Å²) in [4.78, 5) is 0. The molecule has 0 saturated heterocycles. The highest BCUT2D eigenvalue weighted by Gasteiger charge is 2.69. The Bertz CT molecular complexity index is 2970. The molecule has 0 nitrogen and oxygen atoms in total. The first kappa shape index (κ1) is 20.7. The van der Waals surface area contributed by atoms with Crippen LogP contribution in [0, 0.1) is 0 Å². The number of fused-ring (bicyclic) bond motifs is 3. The second-order valence-corrected chi connectivity index (χ2v) is 15.0. The van der Waals surface area contributed by atoms with Crippen LogP contribution in [0.15, 0.2) is 97.1 Å². The molecule has 0 aromatic heterocycles. The van der Waals surface area contributed by atoms with Crippen LogP contribution in [0.1, 0.15) is 56.3 Å². The molecule has 0 heterocycles. The maximum Gasteiger partial charge on any atom is 0.0352 e. The Balaban J connectivity index is 1.26. The van der Waals surface area contributed by atoms with Gasteiger partial charge in [0.25, 0.3) is 0 Å². The van der Waals surface area contributed by atoms with Crippen molar-refractivity contribution in [3.05, 3.63) is 142 Å². The zero-order valence-corrected chi connectivity index (χ0v) is 24.3. The van der Waals surface area contributed by atoms with Gasteiger partial charge in [-0.1, -0.05) is 97.1 Å². The summed E-state index contributed by atoms with van der Waals surface area (Å²) >= 11 is 0. The molecule has 1 saturated carbocycles. The molecule has 0 aliphatic heterocycles. The van der Waals surface area contributed by atoms with Crippen molar-refractivity contribution in [2.24, 2.45) is 0 Å². The van der Waals surface area contributed by atoms with Gasteiger partial charge in [-0.25, -0.2) is 0 Å². The monoisotopic (exact) mass is 562 g/mol. The van der Waals surface area contributed by atoms with Gasteiger partial charge in [0.05, 0.1) is 0 Å². The van der Waals surface area contributed by atoms with Crippen molar-refractivity contribution in [2.75, 3.05) is 0 Å². The molecule has 11 aromatic rings. The van der Waals surface area contributed by atoms with Crippen LogP contribution in [0.5, 0.6) is 0 Å². The van der Waals surface area contributed by atoms with Crippen molar-refractivity contribution in [3.8, 4) is 0 Å². The van der Waals surface area contributed by atoms with E-state index in [1.54, 1.807) is 98.0 Å². The molecule has 15 rings (SSSR count). The van der Waals surface area contributed by atoms with Gasteiger partial charge in [-0.3, -0.25) is 0 Å². The van der Waals surface area contributed by atoms with Crippen LogP contribution in [0.4, 0.5) is 0 Å². The summed E-state index contributed by atoms with van der Waals surface area (Å²) in [6.07, 6.45) is 2.12. The van der Waals surface area contributed by atoms with Gasteiger partial charge in [-0.15, -0.1) is 0 Å². The van der Waals surface area contributed by atoms with Crippen LogP contribution < -0.4 is 0 Å². The Kier molecular flexibility index (Phi) is 2.72. The molecule has 2 atom stereocenters. The van der Waals surface area contributed by atoms with Crippen molar-refractivity contribution in [1.29, 1.82) is 0 Å². The Hall–Kier alpha value is -5.20. The fourth-order valence-corrected chi connectivity index (χ4v) is 12.5. The van der Waals surface area contributed by atoms with E-state index in [1.165, 1.54) is 32.7 Å². The summed E-state index contributed by atoms with van der Waals surface area (Å²) in [6.45, 7) is 0. The van der Waals surface area contributed by atoms with Crippen LogP contribution in [0.25, 0.3) is 86.2 Å². The van der Waals surface area contributed by atoms with Gasteiger partial charge in [-0.05, 0) is 144 Å². The summed E-state index contributed by atoms with van der Waals surface area (Å²) in [5.41, 5.74) is 12.4. The highest BCUT2D eigenvalue weighted by molar-refractivity contribution is 6.58. The summed E-state index contributed by atoms with van der Waals surface area (Å²) in [7, 11) is 0. The molecule has 2 unspecified atom stereocenters. The molecule has 0 heteroatoms. The normalized spacial score (nSPS) is 20.4. The van der Waals surface area contributed by atoms with Crippen molar-refractivity contribution >= 4 is 86.2 Å². The standard InChI is InChI=1S/C45H22/c1-3-7-25(8-4-1)45(26-9-5-2-6-10-26)43-27-17-23-15-21-13-19-11-12-20-14-22-16-24-18-28(44(43)45)36-35(27)39-33(23)31(21)37-29(19)30(20)38-32(22)34(24)40(36)42(39)41(37)38/h1-14,17-18,43-44H,15-16H2. The van der Waals surface area contributed by atoms with E-state index in [0.29, 0.717) is 11.8 Å². The van der Waals surface area contributed by atoms with Crippen molar-refractivity contribution in [2.45, 2.75) is 30.1 Å². The maximum atomic E-state index is 2.70. The number of rotatable bonds is 2. The number of hydrogen-bond donors (Lipinski definition) is 0. The lowest BCUT2D eigenvalue weighted by molar-refractivity contribution is 0.787. The molecule has 4 aliphatic carbocycles. The minimum absolute atomic E-state index is 0.0491. The highest BCUT2D eigenvalue weighted by atomic mass is 14.7. The average molecular weight is 563 g/mol. The van der Waals surface area contributed by atoms with Crippen LogP contribution >= 0.6 is 0 Å². The predicted molar refractivity (Wildman–Crippen MR) is 187 cm³/mol. The van der Waals surface area contributed by atoms with E-state index in [-0.39, 0.29) is 5.41 Å². The zero-order chi connectivity index (χ0) is 28.2. The molecular formula is C45H22. The molecule has 0 radical (unpaired) electrons. The third-order valence-electron chi connectivity index (χ3n) is 13.6. The summed E-state index contributed by atoms with van der Waals surface area (Å²) in [5, 5.41) is 25.1. The minimum Gasteiger partial charge on any atom is -0.0622 e. The van der Waals surface area contributed by atoms with E-state index >= 15 is 0 Å². The summed E-state index contributed by atoms with van der Waals surface area (Å²) < 4.78 is 0. The van der Waals surface area contributed by atoms with Crippen LogP contribution in [0.2, 0.25) is 0 Å². The van der Waals surface area contributed by atoms with E-state index in [2.05, 4.69) is 97.1 Å². The Morgan fingerprint density at radius 2 is 0.733 bits per heavy atom. The van der Waals surface area contributed by atoms with Gasteiger partial charge in [0.15, 0.2) is 0 Å². The second-order valence-electron chi connectivity index (χ2n) is 15.0. The van der Waals surface area contributed by atoms with Crippen LogP contribution in [0.3, 0.4) is 0 Å². The molecular weight excluding hydrogens is 540 g/mol. The largest absolute Gasteiger partial charge is 0.0622 e. The quantitative estimate of drug-likeness (QED) is 0.184. The van der Waals surface area contributed by atoms with E-state index in [0.717, 1.165) is 12.8 Å². The molecule has 11 aromatic carbocycles. The summed E-state index contributed by atoms with van der Waals surface area (Å²) in [6, 6.07) is 38.4.